The fraction of sp³-hybridized carbons (Fsp3) is 0.682. The molecule has 2 nitrogen and oxygen atoms in total. The van der Waals surface area contributed by atoms with Crippen molar-refractivity contribution in [3.05, 3.63) is 34.9 Å². The minimum atomic E-state index is -0.0659. The fourth-order valence-corrected chi connectivity index (χ4v) is 4.73. The van der Waals surface area contributed by atoms with Gasteiger partial charge in [-0.3, -0.25) is 0 Å². The van der Waals surface area contributed by atoms with Gasteiger partial charge in [-0.05, 0) is 47.3 Å². The van der Waals surface area contributed by atoms with Crippen LogP contribution in [0.15, 0.2) is 18.2 Å². The predicted octanol–water partition coefficient (Wildman–Crippen LogP) is 4.77. The van der Waals surface area contributed by atoms with Gasteiger partial charge in [-0.25, -0.2) is 0 Å². The van der Waals surface area contributed by atoms with Crippen molar-refractivity contribution in [3.63, 3.8) is 0 Å². The Balaban J connectivity index is 2.01. The van der Waals surface area contributed by atoms with Crippen molar-refractivity contribution >= 4 is 6.29 Å². The van der Waals surface area contributed by atoms with Crippen LogP contribution in [0.5, 0.6) is 0 Å². The van der Waals surface area contributed by atoms with E-state index in [1.165, 1.54) is 29.5 Å². The molecule has 24 heavy (non-hydrogen) atoms. The van der Waals surface area contributed by atoms with Gasteiger partial charge in [0, 0.05) is 23.9 Å². The van der Waals surface area contributed by atoms with Crippen molar-refractivity contribution in [3.8, 4) is 0 Å². The summed E-state index contributed by atoms with van der Waals surface area (Å²) in [5.74, 6) is 0.398. The van der Waals surface area contributed by atoms with Crippen molar-refractivity contribution in [1.29, 1.82) is 0 Å². The van der Waals surface area contributed by atoms with Gasteiger partial charge < -0.3 is 9.53 Å². The molecule has 1 aromatic carbocycles. The number of rotatable bonds is 5. The zero-order valence-electron chi connectivity index (χ0n) is 16.1. The maximum absolute atomic E-state index is 11.6. The summed E-state index contributed by atoms with van der Waals surface area (Å²) in [6.07, 6.45) is 3.58. The molecule has 0 amide bonds. The predicted molar refractivity (Wildman–Crippen MR) is 98.6 cm³/mol. The maximum Gasteiger partial charge on any atom is 0.124 e. The van der Waals surface area contributed by atoms with Gasteiger partial charge in [0.25, 0.3) is 0 Å². The monoisotopic (exact) mass is 328 g/mol. The van der Waals surface area contributed by atoms with Gasteiger partial charge in [-0.2, -0.15) is 0 Å². The quantitative estimate of drug-likeness (QED) is 0.727. The van der Waals surface area contributed by atoms with Gasteiger partial charge in [-0.15, -0.1) is 0 Å². The van der Waals surface area contributed by atoms with E-state index < -0.39 is 0 Å². The first-order valence-corrected chi connectivity index (χ1v) is 9.37. The number of benzene rings is 1. The molecule has 0 unspecified atom stereocenters. The summed E-state index contributed by atoms with van der Waals surface area (Å²) in [6, 6.07) is 7.00. The van der Waals surface area contributed by atoms with Crippen LogP contribution in [0.2, 0.25) is 0 Å². The third kappa shape index (κ3) is 2.54. The Labute approximate surface area is 147 Å². The summed E-state index contributed by atoms with van der Waals surface area (Å²) in [6.45, 7) is 15.1. The number of hydrogen-bond donors (Lipinski definition) is 0. The van der Waals surface area contributed by atoms with Crippen molar-refractivity contribution in [2.75, 3.05) is 13.2 Å². The molecule has 132 valence electrons. The molecule has 1 fully saturated rings. The number of carbonyl (C=O) groups excluding carboxylic acids is 1. The van der Waals surface area contributed by atoms with Crippen LogP contribution in [0.25, 0.3) is 0 Å². The van der Waals surface area contributed by atoms with Crippen LogP contribution >= 0.6 is 0 Å². The topological polar surface area (TPSA) is 26.3 Å². The highest BCUT2D eigenvalue weighted by molar-refractivity contribution is 5.66. The highest BCUT2D eigenvalue weighted by Crippen LogP contribution is 2.59. The Morgan fingerprint density at radius 2 is 1.71 bits per heavy atom. The lowest BCUT2D eigenvalue weighted by Gasteiger charge is -2.42. The molecule has 2 heteroatoms. The van der Waals surface area contributed by atoms with Gasteiger partial charge in [0.05, 0.1) is 6.61 Å². The maximum atomic E-state index is 11.6. The van der Waals surface area contributed by atoms with Gasteiger partial charge in [-0.1, -0.05) is 52.8 Å². The summed E-state index contributed by atoms with van der Waals surface area (Å²) >= 11 is 0. The molecule has 3 rings (SSSR count). The second-order valence-corrected chi connectivity index (χ2v) is 9.24. The smallest absolute Gasteiger partial charge is 0.124 e. The molecular weight excluding hydrogens is 296 g/mol. The summed E-state index contributed by atoms with van der Waals surface area (Å²) in [7, 11) is 0. The molecule has 0 radical (unpaired) electrons. The largest absolute Gasteiger partial charge is 0.381 e. The van der Waals surface area contributed by atoms with Crippen molar-refractivity contribution in [2.24, 2.45) is 11.8 Å². The van der Waals surface area contributed by atoms with Gasteiger partial charge in [0.15, 0.2) is 0 Å². The van der Waals surface area contributed by atoms with Crippen LogP contribution < -0.4 is 0 Å². The van der Waals surface area contributed by atoms with Crippen LogP contribution in [-0.4, -0.2) is 19.5 Å². The lowest BCUT2D eigenvalue weighted by Crippen LogP contribution is -2.34. The SMILES string of the molecule is CCOC[C@@H]1[C@H](C=O)[C@]1(C)c1ccc2c(c1)C(C)(C)CCC2(C)C. The normalized spacial score (nSPS) is 32.9. The fourth-order valence-electron chi connectivity index (χ4n) is 4.73. The Kier molecular flexibility index (Phi) is 4.19. The molecule has 2 aliphatic rings. The summed E-state index contributed by atoms with van der Waals surface area (Å²) in [4.78, 5) is 11.6. The molecule has 1 saturated carbocycles. The lowest BCUT2D eigenvalue weighted by atomic mass is 9.62. The summed E-state index contributed by atoms with van der Waals surface area (Å²) in [5, 5.41) is 0. The molecule has 0 saturated heterocycles. The number of carbonyl (C=O) groups is 1. The Morgan fingerprint density at radius 3 is 2.29 bits per heavy atom. The van der Waals surface area contributed by atoms with Crippen LogP contribution in [-0.2, 0) is 25.8 Å². The average molecular weight is 328 g/mol. The Hall–Kier alpha value is -1.15. The molecule has 1 aromatic rings. The molecule has 0 N–H and O–H groups in total. The van der Waals surface area contributed by atoms with Gasteiger partial charge in [0.1, 0.15) is 6.29 Å². The average Bonchev–Trinajstić information content (AvgIpc) is 3.14. The third-order valence-corrected chi connectivity index (χ3v) is 6.91. The molecule has 0 aromatic heterocycles. The second-order valence-electron chi connectivity index (χ2n) is 9.24. The van der Waals surface area contributed by atoms with Gasteiger partial charge in [0.2, 0.25) is 0 Å². The third-order valence-electron chi connectivity index (χ3n) is 6.91. The van der Waals surface area contributed by atoms with E-state index in [1.807, 2.05) is 6.92 Å². The van der Waals surface area contributed by atoms with Crippen molar-refractivity contribution in [1.82, 2.24) is 0 Å². The first-order chi connectivity index (χ1) is 11.2. The van der Waals surface area contributed by atoms with Crippen LogP contribution in [0.4, 0.5) is 0 Å². The lowest BCUT2D eigenvalue weighted by molar-refractivity contribution is -0.109. The van der Waals surface area contributed by atoms with E-state index in [0.717, 1.165) is 6.29 Å². The zero-order chi connectivity index (χ0) is 17.8. The molecule has 0 spiro atoms. The highest BCUT2D eigenvalue weighted by Gasteiger charge is 2.62. The standard InChI is InChI=1S/C22H32O2/c1-7-24-14-19-18(13-23)22(19,6)15-8-9-16-17(12-15)21(4,5)11-10-20(16,2)3/h8-9,12-13,18-19H,7,10-11,14H2,1-6H3/t18-,19+,22-/m0/s1. The Morgan fingerprint density at radius 1 is 1.08 bits per heavy atom. The van der Waals surface area contributed by atoms with E-state index in [4.69, 9.17) is 4.74 Å². The first kappa shape index (κ1) is 17.7. The summed E-state index contributed by atoms with van der Waals surface area (Å²) in [5.41, 5.74) is 4.65. The molecule has 0 bridgehead atoms. The van der Waals surface area contributed by atoms with E-state index in [2.05, 4.69) is 52.8 Å². The summed E-state index contributed by atoms with van der Waals surface area (Å²) < 4.78 is 5.63. The van der Waals surface area contributed by atoms with E-state index >= 15 is 0 Å². The number of aldehydes is 1. The van der Waals surface area contributed by atoms with E-state index in [1.54, 1.807) is 0 Å². The minimum absolute atomic E-state index is 0.0659. The second kappa shape index (κ2) is 5.69. The van der Waals surface area contributed by atoms with E-state index in [-0.39, 0.29) is 22.2 Å². The number of fused-ring (bicyclic) bond motifs is 1. The first-order valence-electron chi connectivity index (χ1n) is 9.37. The van der Waals surface area contributed by atoms with Crippen LogP contribution in [0, 0.1) is 11.8 Å². The number of ether oxygens (including phenoxy) is 1. The Bertz CT molecular complexity index is 643. The van der Waals surface area contributed by atoms with Crippen molar-refractivity contribution in [2.45, 2.75) is 70.6 Å². The van der Waals surface area contributed by atoms with Crippen molar-refractivity contribution < 1.29 is 9.53 Å². The van der Waals surface area contributed by atoms with Crippen LogP contribution in [0.3, 0.4) is 0 Å². The number of hydrogen-bond acceptors (Lipinski definition) is 2. The molecule has 3 atom stereocenters. The minimum Gasteiger partial charge on any atom is -0.381 e. The molecular formula is C22H32O2. The molecule has 0 heterocycles. The molecule has 2 aliphatic carbocycles. The van der Waals surface area contributed by atoms with E-state index in [0.29, 0.717) is 19.1 Å². The van der Waals surface area contributed by atoms with Gasteiger partial charge >= 0.3 is 0 Å². The highest BCUT2D eigenvalue weighted by atomic mass is 16.5. The zero-order valence-corrected chi connectivity index (χ0v) is 16.1. The van der Waals surface area contributed by atoms with E-state index in [9.17, 15) is 4.79 Å². The van der Waals surface area contributed by atoms with Crippen LogP contribution in [0.1, 0.15) is 71.1 Å². The molecule has 0 aliphatic heterocycles.